The van der Waals surface area contributed by atoms with Crippen molar-refractivity contribution in [2.24, 2.45) is 0 Å². The van der Waals surface area contributed by atoms with Crippen LogP contribution < -0.4 is 0 Å². The van der Waals surface area contributed by atoms with Crippen LogP contribution in [0.15, 0.2) is 199 Å². The van der Waals surface area contributed by atoms with Gasteiger partial charge in [-0.1, -0.05) is 152 Å². The van der Waals surface area contributed by atoms with Crippen molar-refractivity contribution in [1.29, 1.82) is 0 Å². The summed E-state index contributed by atoms with van der Waals surface area (Å²) in [5, 5.41) is 9.11. The van der Waals surface area contributed by atoms with Crippen molar-refractivity contribution in [3.63, 3.8) is 0 Å². The van der Waals surface area contributed by atoms with Gasteiger partial charge in [-0.3, -0.25) is 0 Å². The molecule has 0 aliphatic rings. The molecule has 3 heterocycles. The SMILES string of the molecule is c1ccc(-c2nc(-c3ccccc3)nc(-c3cccc4oc5c(-c6ccc7ccccc7c6)ccc(-n6c7ccccc7c7cc8ccccc8cc76)c5c34)n2)cc1. The van der Waals surface area contributed by atoms with Crippen molar-refractivity contribution in [2.45, 2.75) is 0 Å². The molecule has 0 aliphatic heterocycles. The number of hydrogen-bond acceptors (Lipinski definition) is 4. The summed E-state index contributed by atoms with van der Waals surface area (Å²) in [5.41, 5.74) is 9.66. The van der Waals surface area contributed by atoms with Crippen molar-refractivity contribution in [1.82, 2.24) is 19.5 Å². The maximum Gasteiger partial charge on any atom is 0.164 e. The Labute approximate surface area is 333 Å². The molecule has 9 aromatic carbocycles. The number of aromatic nitrogens is 4. The van der Waals surface area contributed by atoms with Crippen molar-refractivity contribution in [2.75, 3.05) is 0 Å². The van der Waals surface area contributed by atoms with Crippen LogP contribution in [0.3, 0.4) is 0 Å². The van der Waals surface area contributed by atoms with Crippen LogP contribution in [0.25, 0.3) is 116 Å². The Hall–Kier alpha value is -7.89. The maximum atomic E-state index is 7.09. The van der Waals surface area contributed by atoms with Gasteiger partial charge in [0.15, 0.2) is 17.5 Å². The average molecular weight is 741 g/mol. The zero-order chi connectivity index (χ0) is 38.2. The van der Waals surface area contributed by atoms with E-state index >= 15 is 0 Å². The lowest BCUT2D eigenvalue weighted by Crippen LogP contribution is -2.00. The molecule has 3 aromatic heterocycles. The highest BCUT2D eigenvalue weighted by Gasteiger charge is 2.24. The average Bonchev–Trinajstić information content (AvgIpc) is 3.84. The Balaban J connectivity index is 1.21. The Kier molecular flexibility index (Phi) is 7.16. The van der Waals surface area contributed by atoms with Crippen molar-refractivity contribution in [3.8, 4) is 51.0 Å². The van der Waals surface area contributed by atoms with Gasteiger partial charge >= 0.3 is 0 Å². The van der Waals surface area contributed by atoms with Gasteiger partial charge in [-0.2, -0.15) is 0 Å². The predicted molar refractivity (Wildman–Crippen MR) is 238 cm³/mol. The van der Waals surface area contributed by atoms with E-state index in [1.54, 1.807) is 0 Å². The smallest absolute Gasteiger partial charge is 0.164 e. The minimum Gasteiger partial charge on any atom is -0.455 e. The summed E-state index contributed by atoms with van der Waals surface area (Å²) in [6.45, 7) is 0. The second kappa shape index (κ2) is 12.8. The Morgan fingerprint density at radius 1 is 0.362 bits per heavy atom. The van der Waals surface area contributed by atoms with Crippen LogP contribution in [0.5, 0.6) is 0 Å². The monoisotopic (exact) mass is 740 g/mol. The standard InChI is InChI=1S/C53H32N4O/c1-3-15-34(16-4-1)51-54-52(35-17-5-2-6-18-35)56-53(55-51)42-23-13-25-47-48(42)49-45(29-28-40(50(49)58-47)39-27-26-33-14-7-8-19-36(33)30-39)57-44-24-12-11-22-41(44)43-31-37-20-9-10-21-38(37)32-46(43)57/h1-32H. The molecule has 0 N–H and O–H groups in total. The van der Waals surface area contributed by atoms with Crippen molar-refractivity contribution < 1.29 is 4.42 Å². The molecule has 58 heavy (non-hydrogen) atoms. The van der Waals surface area contributed by atoms with Gasteiger partial charge in [0, 0.05) is 38.4 Å². The second-order valence-corrected chi connectivity index (χ2v) is 14.8. The zero-order valence-corrected chi connectivity index (χ0v) is 31.2. The normalized spacial score (nSPS) is 11.8. The summed E-state index contributed by atoms with van der Waals surface area (Å²) in [6, 6.07) is 68.0. The zero-order valence-electron chi connectivity index (χ0n) is 31.2. The fraction of sp³-hybridized carbons (Fsp3) is 0. The summed E-state index contributed by atoms with van der Waals surface area (Å²) >= 11 is 0. The highest BCUT2D eigenvalue weighted by molar-refractivity contribution is 6.21. The van der Waals surface area contributed by atoms with E-state index in [4.69, 9.17) is 19.4 Å². The summed E-state index contributed by atoms with van der Waals surface area (Å²) in [5.74, 6) is 1.80. The molecular weight excluding hydrogens is 709 g/mol. The molecule has 0 radical (unpaired) electrons. The molecule has 0 fully saturated rings. The van der Waals surface area contributed by atoms with Crippen LogP contribution in [-0.2, 0) is 0 Å². The fourth-order valence-corrected chi connectivity index (χ4v) is 8.70. The van der Waals surface area contributed by atoms with Gasteiger partial charge < -0.3 is 8.98 Å². The Bertz CT molecular complexity index is 3510. The van der Waals surface area contributed by atoms with Crippen LogP contribution >= 0.6 is 0 Å². The van der Waals surface area contributed by atoms with Gasteiger partial charge in [0.25, 0.3) is 0 Å². The van der Waals surface area contributed by atoms with Gasteiger partial charge in [0.2, 0.25) is 0 Å². The number of para-hydroxylation sites is 1. The van der Waals surface area contributed by atoms with E-state index in [0.29, 0.717) is 17.5 Å². The van der Waals surface area contributed by atoms with Crippen LogP contribution in [-0.4, -0.2) is 19.5 Å². The number of furan rings is 1. The van der Waals surface area contributed by atoms with E-state index in [0.717, 1.165) is 66.5 Å². The summed E-state index contributed by atoms with van der Waals surface area (Å²) in [4.78, 5) is 15.4. The molecule has 0 saturated heterocycles. The molecule has 5 heteroatoms. The summed E-state index contributed by atoms with van der Waals surface area (Å²) < 4.78 is 9.50. The second-order valence-electron chi connectivity index (χ2n) is 14.8. The summed E-state index contributed by atoms with van der Waals surface area (Å²) in [6.07, 6.45) is 0. The molecule has 12 rings (SSSR count). The number of hydrogen-bond donors (Lipinski definition) is 0. The molecule has 0 atom stereocenters. The van der Waals surface area contributed by atoms with E-state index in [1.165, 1.54) is 32.3 Å². The lowest BCUT2D eigenvalue weighted by molar-refractivity contribution is 0.670. The van der Waals surface area contributed by atoms with Crippen molar-refractivity contribution >= 4 is 65.3 Å². The predicted octanol–water partition coefficient (Wildman–Crippen LogP) is 13.8. The highest BCUT2D eigenvalue weighted by Crippen LogP contribution is 2.46. The number of fused-ring (bicyclic) bond motifs is 8. The van der Waals surface area contributed by atoms with E-state index in [9.17, 15) is 0 Å². The molecule has 0 spiro atoms. The topological polar surface area (TPSA) is 56.7 Å². The molecule has 270 valence electrons. The van der Waals surface area contributed by atoms with Crippen LogP contribution in [0.4, 0.5) is 0 Å². The molecule has 5 nitrogen and oxygen atoms in total. The lowest BCUT2D eigenvalue weighted by atomic mass is 9.97. The lowest BCUT2D eigenvalue weighted by Gasteiger charge is -2.14. The number of rotatable bonds is 5. The molecule has 0 bridgehead atoms. The Morgan fingerprint density at radius 2 is 0.983 bits per heavy atom. The minimum absolute atomic E-state index is 0.580. The third-order valence-electron chi connectivity index (χ3n) is 11.4. The van der Waals surface area contributed by atoms with E-state index in [2.05, 4.69) is 132 Å². The van der Waals surface area contributed by atoms with Gasteiger partial charge in [0.1, 0.15) is 11.2 Å². The van der Waals surface area contributed by atoms with E-state index in [1.807, 2.05) is 66.7 Å². The molecular formula is C53H32N4O. The quantitative estimate of drug-likeness (QED) is 0.176. The first kappa shape index (κ1) is 32.4. The van der Waals surface area contributed by atoms with Gasteiger partial charge in [-0.15, -0.1) is 0 Å². The van der Waals surface area contributed by atoms with Crippen molar-refractivity contribution in [3.05, 3.63) is 194 Å². The first-order valence-electron chi connectivity index (χ1n) is 19.5. The first-order valence-corrected chi connectivity index (χ1v) is 19.5. The van der Waals surface area contributed by atoms with Gasteiger partial charge in [0.05, 0.1) is 22.1 Å². The van der Waals surface area contributed by atoms with E-state index < -0.39 is 0 Å². The molecule has 0 saturated carbocycles. The molecule has 0 aliphatic carbocycles. The number of nitrogens with zero attached hydrogens (tertiary/aromatic N) is 4. The fourth-order valence-electron chi connectivity index (χ4n) is 8.70. The van der Waals surface area contributed by atoms with Crippen LogP contribution in [0, 0.1) is 0 Å². The van der Waals surface area contributed by atoms with Gasteiger partial charge in [-0.05, 0) is 69.6 Å². The molecule has 12 aromatic rings. The Morgan fingerprint density at radius 3 is 1.72 bits per heavy atom. The summed E-state index contributed by atoms with van der Waals surface area (Å²) in [7, 11) is 0. The van der Waals surface area contributed by atoms with Crippen LogP contribution in [0.2, 0.25) is 0 Å². The van der Waals surface area contributed by atoms with Gasteiger partial charge in [-0.25, -0.2) is 15.0 Å². The highest BCUT2D eigenvalue weighted by atomic mass is 16.3. The molecule has 0 amide bonds. The van der Waals surface area contributed by atoms with Crippen LogP contribution in [0.1, 0.15) is 0 Å². The minimum atomic E-state index is 0.580. The first-order chi connectivity index (χ1) is 28.7. The largest absolute Gasteiger partial charge is 0.455 e. The number of benzene rings is 9. The van der Waals surface area contributed by atoms with E-state index in [-0.39, 0.29) is 0 Å². The molecule has 0 unspecified atom stereocenters. The maximum absolute atomic E-state index is 7.09. The third kappa shape index (κ3) is 5.07. The third-order valence-corrected chi connectivity index (χ3v) is 11.4.